The van der Waals surface area contributed by atoms with Gasteiger partial charge in [-0.2, -0.15) is 18.3 Å². The number of nitrogens with zero attached hydrogens (tertiary/aromatic N) is 2. The highest BCUT2D eigenvalue weighted by Crippen LogP contribution is 2.32. The molecule has 4 aromatic rings. The summed E-state index contributed by atoms with van der Waals surface area (Å²) in [5.74, 6) is 0.673. The van der Waals surface area contributed by atoms with Gasteiger partial charge in [0.1, 0.15) is 11.4 Å². The molecule has 0 aliphatic heterocycles. The number of carbonyl (C=O) groups is 1. The number of amides is 1. The maximum atomic E-state index is 13.6. The Bertz CT molecular complexity index is 1480. The number of rotatable bonds is 10. The van der Waals surface area contributed by atoms with Gasteiger partial charge in [-0.05, 0) is 78.4 Å². The van der Waals surface area contributed by atoms with Gasteiger partial charge < -0.3 is 21.1 Å². The highest BCUT2D eigenvalue weighted by atomic mass is 19.4. The van der Waals surface area contributed by atoms with Crippen LogP contribution in [0.4, 0.5) is 18.9 Å². The Morgan fingerprint density at radius 2 is 1.80 bits per heavy atom. The molecule has 10 heteroatoms. The lowest BCUT2D eigenvalue weighted by Crippen LogP contribution is -2.25. The molecule has 1 saturated carbocycles. The lowest BCUT2D eigenvalue weighted by Gasteiger charge is -2.21. The number of aromatic nitrogens is 2. The van der Waals surface area contributed by atoms with E-state index in [9.17, 15) is 18.0 Å². The fourth-order valence-corrected chi connectivity index (χ4v) is 4.52. The van der Waals surface area contributed by atoms with Crippen LogP contribution in [0.1, 0.15) is 51.8 Å². The summed E-state index contributed by atoms with van der Waals surface area (Å²) in [5, 5.41) is 10.1. The largest absolute Gasteiger partial charge is 0.497 e. The molecule has 0 saturated heterocycles. The van der Waals surface area contributed by atoms with Gasteiger partial charge >= 0.3 is 6.18 Å². The fourth-order valence-electron chi connectivity index (χ4n) is 4.52. The molecule has 1 aliphatic rings. The van der Waals surface area contributed by atoms with E-state index in [-0.39, 0.29) is 18.3 Å². The van der Waals surface area contributed by atoms with Crippen molar-refractivity contribution in [1.82, 2.24) is 15.1 Å². The molecule has 1 aliphatic carbocycles. The first-order valence-electron chi connectivity index (χ1n) is 13.0. The van der Waals surface area contributed by atoms with Gasteiger partial charge in [0.2, 0.25) is 0 Å². The Morgan fingerprint density at radius 3 is 2.48 bits per heavy atom. The van der Waals surface area contributed by atoms with Crippen LogP contribution < -0.4 is 21.1 Å². The second-order valence-corrected chi connectivity index (χ2v) is 9.84. The van der Waals surface area contributed by atoms with Gasteiger partial charge in [0, 0.05) is 18.3 Å². The summed E-state index contributed by atoms with van der Waals surface area (Å²) < 4.78 is 47.0. The molecule has 1 amide bonds. The second kappa shape index (κ2) is 11.5. The maximum Gasteiger partial charge on any atom is 0.435 e. The molecule has 1 aromatic heterocycles. The number of halogens is 3. The Balaban J connectivity index is 1.44. The van der Waals surface area contributed by atoms with Crippen LogP contribution in [-0.4, -0.2) is 29.3 Å². The number of hydrogen-bond donors (Lipinski definition) is 3. The number of ether oxygens (including phenoxy) is 1. The van der Waals surface area contributed by atoms with Crippen molar-refractivity contribution in [3.63, 3.8) is 0 Å². The molecule has 1 unspecified atom stereocenters. The number of nitrogens with two attached hydrogens (primary N) is 1. The van der Waals surface area contributed by atoms with Crippen molar-refractivity contribution in [2.24, 2.45) is 11.7 Å². The Labute approximate surface area is 230 Å². The monoisotopic (exact) mass is 549 g/mol. The highest BCUT2D eigenvalue weighted by Gasteiger charge is 2.36. The summed E-state index contributed by atoms with van der Waals surface area (Å²) in [6.45, 7) is 1.05. The number of nitrogens with one attached hydrogen (secondary N) is 2. The lowest BCUT2D eigenvalue weighted by atomic mass is 9.97. The molecule has 1 heterocycles. The molecule has 4 N–H and O–H groups in total. The molecule has 0 bridgehead atoms. The van der Waals surface area contributed by atoms with Crippen molar-refractivity contribution in [1.29, 1.82) is 0 Å². The van der Waals surface area contributed by atoms with E-state index in [0.29, 0.717) is 22.9 Å². The molecule has 5 rings (SSSR count). The van der Waals surface area contributed by atoms with Gasteiger partial charge in [-0.3, -0.25) is 4.79 Å². The third-order valence-electron chi connectivity index (χ3n) is 6.86. The lowest BCUT2D eigenvalue weighted by molar-refractivity contribution is -0.141. The van der Waals surface area contributed by atoms with Crippen molar-refractivity contribution in [2.75, 3.05) is 19.0 Å². The van der Waals surface area contributed by atoms with E-state index in [4.69, 9.17) is 10.5 Å². The number of carbonyl (C=O) groups excluding carboxylic acids is 1. The van der Waals surface area contributed by atoms with Crippen LogP contribution in [0.15, 0.2) is 78.9 Å². The predicted octanol–water partition coefficient (Wildman–Crippen LogP) is 5.70. The Morgan fingerprint density at radius 1 is 1.05 bits per heavy atom. The number of anilines is 1. The van der Waals surface area contributed by atoms with Crippen molar-refractivity contribution in [3.05, 3.63) is 107 Å². The topological polar surface area (TPSA) is 94.2 Å². The summed E-state index contributed by atoms with van der Waals surface area (Å²) in [5.41, 5.74) is 7.69. The van der Waals surface area contributed by atoms with Crippen LogP contribution in [0.25, 0.3) is 5.69 Å². The van der Waals surface area contributed by atoms with Crippen LogP contribution in [0.5, 0.6) is 5.75 Å². The predicted molar refractivity (Wildman–Crippen MR) is 146 cm³/mol. The van der Waals surface area contributed by atoms with E-state index < -0.39 is 17.8 Å². The minimum atomic E-state index is -4.72. The normalized spacial score (nSPS) is 14.1. The average Bonchev–Trinajstić information content (AvgIpc) is 3.67. The second-order valence-electron chi connectivity index (χ2n) is 9.84. The Kier molecular flexibility index (Phi) is 7.90. The third-order valence-corrected chi connectivity index (χ3v) is 6.86. The number of benzene rings is 3. The quantitative estimate of drug-likeness (QED) is 0.236. The molecular formula is C30H30F3N5O2. The van der Waals surface area contributed by atoms with Crippen molar-refractivity contribution in [2.45, 2.75) is 31.6 Å². The molecule has 3 aromatic carbocycles. The summed E-state index contributed by atoms with van der Waals surface area (Å²) in [7, 11) is 1.61. The van der Waals surface area contributed by atoms with Crippen LogP contribution >= 0.6 is 0 Å². The minimum Gasteiger partial charge on any atom is -0.497 e. The van der Waals surface area contributed by atoms with Crippen molar-refractivity contribution < 1.29 is 22.7 Å². The van der Waals surface area contributed by atoms with E-state index in [1.807, 2.05) is 42.5 Å². The zero-order valence-electron chi connectivity index (χ0n) is 21.9. The van der Waals surface area contributed by atoms with E-state index in [0.717, 1.165) is 34.2 Å². The average molecular weight is 550 g/mol. The van der Waals surface area contributed by atoms with Gasteiger partial charge in [-0.25, -0.2) is 4.68 Å². The standard InChI is InChI=1S/C30H30F3N5O2/c1-40-25-12-10-21(11-13-25)28(35-18-19-8-9-19)22-5-3-6-23(15-22)36-29(39)26-16-27(30(31,32)33)37-38(26)24-7-2-4-20(14-24)17-34/h2-7,10-16,19,28,35H,8-9,17-18,34H2,1H3,(H,36,39). The fraction of sp³-hybridized carbons (Fsp3) is 0.267. The first-order chi connectivity index (χ1) is 19.2. The molecular weight excluding hydrogens is 519 g/mol. The summed E-state index contributed by atoms with van der Waals surface area (Å²) in [4.78, 5) is 13.4. The molecule has 1 fully saturated rings. The zero-order chi connectivity index (χ0) is 28.3. The minimum absolute atomic E-state index is 0.148. The van der Waals surface area contributed by atoms with Crippen molar-refractivity contribution >= 4 is 11.6 Å². The molecule has 0 spiro atoms. The SMILES string of the molecule is COc1ccc(C(NCC2CC2)c2cccc(NC(=O)c3cc(C(F)(F)F)nn3-c3cccc(CN)c3)c2)cc1. The van der Waals surface area contributed by atoms with Gasteiger partial charge in [0.05, 0.1) is 18.8 Å². The summed E-state index contributed by atoms with van der Waals surface area (Å²) in [6.07, 6.45) is -2.33. The molecule has 208 valence electrons. The van der Waals surface area contributed by atoms with Gasteiger partial charge in [-0.1, -0.05) is 36.4 Å². The van der Waals surface area contributed by atoms with E-state index in [2.05, 4.69) is 15.7 Å². The first-order valence-corrected chi connectivity index (χ1v) is 13.0. The van der Waals surface area contributed by atoms with Crippen LogP contribution in [0.2, 0.25) is 0 Å². The van der Waals surface area contributed by atoms with Crippen LogP contribution in [0, 0.1) is 5.92 Å². The molecule has 0 radical (unpaired) electrons. The van der Waals surface area contributed by atoms with Crippen LogP contribution in [0.3, 0.4) is 0 Å². The van der Waals surface area contributed by atoms with Gasteiger partial charge in [0.25, 0.3) is 5.91 Å². The Hall–Kier alpha value is -4.15. The third kappa shape index (κ3) is 6.35. The summed E-state index contributed by atoms with van der Waals surface area (Å²) in [6, 6.07) is 22.3. The number of alkyl halides is 3. The zero-order valence-corrected chi connectivity index (χ0v) is 21.9. The summed E-state index contributed by atoms with van der Waals surface area (Å²) >= 11 is 0. The van der Waals surface area contributed by atoms with Crippen LogP contribution in [-0.2, 0) is 12.7 Å². The van der Waals surface area contributed by atoms with Gasteiger partial charge in [-0.15, -0.1) is 0 Å². The number of hydrogen-bond acceptors (Lipinski definition) is 5. The van der Waals surface area contributed by atoms with Gasteiger partial charge in [0.15, 0.2) is 5.69 Å². The molecule has 1 atom stereocenters. The number of methoxy groups -OCH3 is 1. The van der Waals surface area contributed by atoms with Crippen molar-refractivity contribution in [3.8, 4) is 11.4 Å². The van der Waals surface area contributed by atoms with E-state index in [1.165, 1.54) is 12.8 Å². The highest BCUT2D eigenvalue weighted by molar-refractivity contribution is 6.03. The smallest absolute Gasteiger partial charge is 0.435 e. The maximum absolute atomic E-state index is 13.6. The molecule has 40 heavy (non-hydrogen) atoms. The van der Waals surface area contributed by atoms with E-state index in [1.54, 1.807) is 37.4 Å². The molecule has 7 nitrogen and oxygen atoms in total. The first kappa shape index (κ1) is 27.4. The van der Waals surface area contributed by atoms with E-state index >= 15 is 0 Å².